The van der Waals surface area contributed by atoms with Crippen LogP contribution >= 0.6 is 0 Å². The number of carbonyl (C=O) groups is 4. The van der Waals surface area contributed by atoms with Gasteiger partial charge in [0.1, 0.15) is 0 Å². The molecule has 39 heteroatoms. The normalized spacial score (nSPS) is 14.3. The van der Waals surface area contributed by atoms with Crippen molar-refractivity contribution in [2.45, 2.75) is 111 Å². The van der Waals surface area contributed by atoms with E-state index in [1.165, 1.54) is 54.8 Å². The number of alkyl halides is 17. The fraction of sp³-hybridized carbons (Fsp3) is 0.805. The Balaban J connectivity index is -0.000000531. The minimum atomic E-state index is -6.69. The van der Waals surface area contributed by atoms with E-state index >= 15 is 4.39 Å². The van der Waals surface area contributed by atoms with Crippen LogP contribution in [0.2, 0.25) is 12.1 Å². The molecule has 0 aliphatic heterocycles. The van der Waals surface area contributed by atoms with Gasteiger partial charge in [-0.15, -0.1) is 26.3 Å². The van der Waals surface area contributed by atoms with E-state index in [0.29, 0.717) is 12.5 Å². The first-order valence-corrected chi connectivity index (χ1v) is 27.8. The van der Waals surface area contributed by atoms with Crippen LogP contribution < -0.4 is 21.3 Å². The van der Waals surface area contributed by atoms with Gasteiger partial charge >= 0.3 is 57.4 Å². The number of carbonyl (C=O) groups excluding carboxylic acids is 4. The Morgan fingerprint density at radius 3 is 1.14 bits per heavy atom. The zero-order chi connectivity index (χ0) is 63.9. The van der Waals surface area contributed by atoms with Crippen LogP contribution in [0.15, 0.2) is 25.3 Å². The topological polar surface area (TPSA) is 218 Å². The van der Waals surface area contributed by atoms with Gasteiger partial charge in [0.2, 0.25) is 11.8 Å². The summed E-state index contributed by atoms with van der Waals surface area (Å²) >= 11 is 0. The minimum absolute atomic E-state index is 0.00151. The molecule has 0 aliphatic carbocycles. The molecule has 4 amide bonds. The van der Waals surface area contributed by atoms with Gasteiger partial charge in [-0.3, -0.25) is 23.9 Å². The lowest BCUT2D eigenvalue weighted by atomic mass is 9.93. The second-order valence-corrected chi connectivity index (χ2v) is 24.0. The molecule has 0 rings (SSSR count). The molecule has 476 valence electrons. The fourth-order valence-corrected chi connectivity index (χ4v) is 9.52. The summed E-state index contributed by atoms with van der Waals surface area (Å²) in [5.74, 6) is -32.5. The summed E-state index contributed by atoms with van der Waals surface area (Å²) in [5, 5.41) is 8.54. The highest BCUT2D eigenvalue weighted by atomic mass is 28.4. The summed E-state index contributed by atoms with van der Waals surface area (Å²) in [5.41, 5.74) is -7.33. The predicted molar refractivity (Wildman–Crippen MR) is 255 cm³/mol. The van der Waals surface area contributed by atoms with Crippen molar-refractivity contribution in [3.63, 3.8) is 0 Å². The van der Waals surface area contributed by atoms with Crippen LogP contribution in [0.4, 0.5) is 74.6 Å². The monoisotopic (exact) mass is 1270 g/mol. The van der Waals surface area contributed by atoms with E-state index in [2.05, 4.69) is 38.6 Å². The van der Waals surface area contributed by atoms with Gasteiger partial charge < -0.3 is 65.8 Å². The van der Waals surface area contributed by atoms with Crippen LogP contribution in [0.3, 0.4) is 0 Å². The average Bonchev–Trinajstić information content (AvgIpc) is 3.37. The lowest BCUT2D eigenvalue weighted by Crippen LogP contribution is -2.62. The molecule has 0 aromatic heterocycles. The van der Waals surface area contributed by atoms with Gasteiger partial charge in [-0.1, -0.05) is 12.2 Å². The van der Waals surface area contributed by atoms with E-state index in [0.717, 1.165) is 0 Å². The number of nitrogens with one attached hydrogen (secondary N) is 4. The van der Waals surface area contributed by atoms with Gasteiger partial charge in [-0.05, 0) is 12.8 Å². The molecule has 0 spiro atoms. The zero-order valence-corrected chi connectivity index (χ0v) is 48.8. The first-order chi connectivity index (χ1) is 36.4. The molecule has 0 heterocycles. The number of hydrogen-bond donors (Lipinski definition) is 4. The van der Waals surface area contributed by atoms with E-state index in [-0.39, 0.29) is 59.6 Å². The van der Waals surface area contributed by atoms with Crippen molar-refractivity contribution in [3.8, 4) is 0 Å². The number of ether oxygens (including phenoxy) is 2. The largest absolute Gasteiger partial charge is 0.522 e. The van der Waals surface area contributed by atoms with Crippen molar-refractivity contribution in [2.75, 3.05) is 104 Å². The standard InChI is InChI=1S/C18H37F3N2O8Si2.C12H17F3N2O2.C8H7F11O2.C3H10O3Si/c1-17(19,20)18(21,16(25)23-11-9-13-33(29-5,30-6)31-7)14-15(24)22-10-8-12-32(26-2,27-3)28-4;1-4-6-16-9(18)8-12(15,11(3,13)14)10(19)17-7-5-2;1-20-7(15,16)6(13,14)5(11,12)4(9,10)2-3-21-8(17,18)19;1-4-7(5-2)6-3/h8-14H2,1-7H3,(H,22,24)(H,23,25);4-5H,1-2,6-8H2,3H3,(H,16,18)(H,17,19);2-3H2,1H3;7H,1-3H3. The molecule has 80 heavy (non-hydrogen) atoms. The van der Waals surface area contributed by atoms with Crippen molar-refractivity contribution in [1.82, 2.24) is 21.3 Å². The van der Waals surface area contributed by atoms with E-state index < -0.39 is 130 Å². The Kier molecular flexibility index (Phi) is 38.2. The quantitative estimate of drug-likeness (QED) is 0.0226. The van der Waals surface area contributed by atoms with E-state index in [1.54, 1.807) is 21.3 Å². The molecule has 0 fully saturated rings. The molecule has 4 N–H and O–H groups in total. The molecule has 0 bridgehead atoms. The third-order valence-electron chi connectivity index (χ3n) is 10.3. The second kappa shape index (κ2) is 36.9. The van der Waals surface area contributed by atoms with Crippen LogP contribution in [-0.4, -0.2) is 208 Å². The van der Waals surface area contributed by atoms with E-state index in [4.69, 9.17) is 39.8 Å². The third-order valence-corrected chi connectivity index (χ3v) is 17.1. The number of amides is 4. The Hall–Kier alpha value is -3.62. The molecule has 0 saturated carbocycles. The summed E-state index contributed by atoms with van der Waals surface area (Å²) in [6, 6.07) is 0.617. The highest BCUT2D eigenvalue weighted by Gasteiger charge is 2.81. The van der Waals surface area contributed by atoms with Crippen molar-refractivity contribution in [3.05, 3.63) is 25.3 Å². The van der Waals surface area contributed by atoms with Gasteiger partial charge in [-0.25, -0.2) is 26.3 Å². The Morgan fingerprint density at radius 2 is 0.838 bits per heavy atom. The first kappa shape index (κ1) is 82.8. The number of rotatable bonds is 36. The summed E-state index contributed by atoms with van der Waals surface area (Å²) in [6.07, 6.45) is -13.5. The number of hydrogen-bond acceptors (Lipinski definition) is 15. The van der Waals surface area contributed by atoms with Gasteiger partial charge in [-0.2, -0.15) is 35.1 Å². The van der Waals surface area contributed by atoms with Crippen LogP contribution in [0, 0.1) is 0 Å². The van der Waals surface area contributed by atoms with Crippen LogP contribution in [0.25, 0.3) is 0 Å². The van der Waals surface area contributed by atoms with Crippen molar-refractivity contribution in [2.24, 2.45) is 0 Å². The molecule has 0 saturated heterocycles. The SMILES string of the molecule is C=CCNC(=O)CC(F)(C(=O)NCC=C)C(C)(F)F.COC(F)(F)C(F)(F)C(F)(F)C(F)(F)CCOC(F)(F)F.CO[SiH](OC)OC.CO[Si](CCCNC(=O)CC(F)(C(=O)NCCC[Si](OC)(OC)OC)C(C)(F)F)(OC)OC. The summed E-state index contributed by atoms with van der Waals surface area (Å²) in [4.78, 5) is 47.2. The Morgan fingerprint density at radius 1 is 0.500 bits per heavy atom. The summed E-state index contributed by atoms with van der Waals surface area (Å²) in [6.45, 7) is 4.67. The number of methoxy groups -OCH3 is 1. The molecule has 0 radical (unpaired) electrons. The van der Waals surface area contributed by atoms with Crippen LogP contribution in [-0.2, 0) is 68.5 Å². The minimum Gasteiger partial charge on any atom is -0.379 e. The molecule has 19 nitrogen and oxygen atoms in total. The molecular weight excluding hydrogens is 1200 g/mol. The maximum atomic E-state index is 15.1. The van der Waals surface area contributed by atoms with Crippen LogP contribution in [0.1, 0.15) is 46.0 Å². The van der Waals surface area contributed by atoms with E-state index in [9.17, 15) is 89.4 Å². The van der Waals surface area contributed by atoms with Gasteiger partial charge in [0, 0.05) is 130 Å². The maximum Gasteiger partial charge on any atom is 0.522 e. The Bertz CT molecular complexity index is 1800. The van der Waals surface area contributed by atoms with Gasteiger partial charge in [0.05, 0.1) is 19.4 Å². The molecule has 2 unspecified atom stereocenters. The second-order valence-electron chi connectivity index (χ2n) is 15.8. The zero-order valence-electron chi connectivity index (χ0n) is 45.7. The average molecular weight is 1270 g/mol. The van der Waals surface area contributed by atoms with Crippen molar-refractivity contribution >= 4 is 50.8 Å². The lowest BCUT2D eigenvalue weighted by molar-refractivity contribution is -0.424. The lowest BCUT2D eigenvalue weighted by Gasteiger charge is -2.35. The molecular formula is C41H71F17N4O15Si3. The van der Waals surface area contributed by atoms with Gasteiger partial charge in [0.25, 0.3) is 35.0 Å². The first-order valence-electron chi connectivity index (χ1n) is 22.5. The number of halogens is 17. The smallest absolute Gasteiger partial charge is 0.379 e. The molecule has 0 aromatic carbocycles. The summed E-state index contributed by atoms with van der Waals surface area (Å²) < 4.78 is 271. The third kappa shape index (κ3) is 26.7. The van der Waals surface area contributed by atoms with Crippen molar-refractivity contribution < 1.29 is 143 Å². The summed E-state index contributed by atoms with van der Waals surface area (Å²) in [7, 11) is 5.63. The van der Waals surface area contributed by atoms with Gasteiger partial charge in [0.15, 0.2) is 0 Å². The van der Waals surface area contributed by atoms with Crippen LogP contribution in [0.5, 0.6) is 0 Å². The molecule has 0 aliphatic rings. The maximum absolute atomic E-state index is 15.1. The fourth-order valence-electron chi connectivity index (χ4n) is 5.50. The highest BCUT2D eigenvalue weighted by molar-refractivity contribution is 6.60. The molecule has 0 aromatic rings. The highest BCUT2D eigenvalue weighted by Crippen LogP contribution is 2.54. The predicted octanol–water partition coefficient (Wildman–Crippen LogP) is 6.55. The van der Waals surface area contributed by atoms with Crippen molar-refractivity contribution in [1.29, 1.82) is 0 Å². The molecule has 2 atom stereocenters. The Labute approximate surface area is 455 Å². The van der Waals surface area contributed by atoms with E-state index in [1.807, 2.05) is 5.32 Å².